The molecule has 3 nitrogen and oxygen atoms in total. The van der Waals surface area contributed by atoms with Crippen LogP contribution in [0.5, 0.6) is 0 Å². The maximum absolute atomic E-state index is 4.82. The molecule has 0 aromatic carbocycles. The van der Waals surface area contributed by atoms with Crippen LogP contribution >= 0.6 is 0 Å². The first-order chi connectivity index (χ1) is 9.13. The Hall–Kier alpha value is -0.960. The highest BCUT2D eigenvalue weighted by Crippen LogP contribution is 2.32. The SMILES string of the molecule is CNCC(C)c1c(C)nc(C2CCCCC2)nc1C. The molecular weight excluding hydrogens is 234 g/mol. The van der Waals surface area contributed by atoms with Crippen molar-refractivity contribution >= 4 is 0 Å². The first-order valence-electron chi connectivity index (χ1n) is 7.63. The maximum atomic E-state index is 4.82. The van der Waals surface area contributed by atoms with Gasteiger partial charge < -0.3 is 5.32 Å². The molecule has 1 aliphatic carbocycles. The molecule has 1 unspecified atom stereocenters. The van der Waals surface area contributed by atoms with E-state index in [-0.39, 0.29) is 0 Å². The van der Waals surface area contributed by atoms with E-state index in [1.807, 2.05) is 7.05 Å². The molecule has 3 heteroatoms. The summed E-state index contributed by atoms with van der Waals surface area (Å²) >= 11 is 0. The third kappa shape index (κ3) is 3.33. The van der Waals surface area contributed by atoms with Crippen molar-refractivity contribution in [2.45, 2.75) is 64.7 Å². The Morgan fingerprint density at radius 3 is 2.21 bits per heavy atom. The lowest BCUT2D eigenvalue weighted by Crippen LogP contribution is -2.19. The topological polar surface area (TPSA) is 37.8 Å². The van der Waals surface area contributed by atoms with Crippen LogP contribution in [0.1, 0.15) is 73.6 Å². The van der Waals surface area contributed by atoms with Gasteiger partial charge in [-0.3, -0.25) is 0 Å². The zero-order chi connectivity index (χ0) is 13.8. The van der Waals surface area contributed by atoms with Crippen molar-refractivity contribution in [1.82, 2.24) is 15.3 Å². The fraction of sp³-hybridized carbons (Fsp3) is 0.750. The molecule has 0 amide bonds. The lowest BCUT2D eigenvalue weighted by molar-refractivity contribution is 0.426. The molecule has 1 aliphatic rings. The highest BCUT2D eigenvalue weighted by Gasteiger charge is 2.21. The summed E-state index contributed by atoms with van der Waals surface area (Å²) in [4.78, 5) is 9.64. The van der Waals surface area contributed by atoms with Crippen LogP contribution in [-0.2, 0) is 0 Å². The third-order valence-electron chi connectivity index (χ3n) is 4.32. The molecule has 0 spiro atoms. The molecule has 1 N–H and O–H groups in total. The number of nitrogens with zero attached hydrogens (tertiary/aromatic N) is 2. The second-order valence-corrected chi connectivity index (χ2v) is 5.96. The largest absolute Gasteiger partial charge is 0.319 e. The predicted molar refractivity (Wildman–Crippen MR) is 79.7 cm³/mol. The average molecular weight is 261 g/mol. The van der Waals surface area contributed by atoms with Crippen LogP contribution in [0.4, 0.5) is 0 Å². The summed E-state index contributed by atoms with van der Waals surface area (Å²) in [6.45, 7) is 7.51. The van der Waals surface area contributed by atoms with E-state index in [0.29, 0.717) is 11.8 Å². The van der Waals surface area contributed by atoms with E-state index in [0.717, 1.165) is 12.4 Å². The fourth-order valence-electron chi connectivity index (χ4n) is 3.42. The van der Waals surface area contributed by atoms with E-state index in [4.69, 9.17) is 9.97 Å². The molecule has 1 saturated carbocycles. The fourth-order valence-corrected chi connectivity index (χ4v) is 3.42. The van der Waals surface area contributed by atoms with Crippen LogP contribution in [-0.4, -0.2) is 23.6 Å². The molecule has 1 fully saturated rings. The summed E-state index contributed by atoms with van der Waals surface area (Å²) in [6.07, 6.45) is 6.59. The number of hydrogen-bond acceptors (Lipinski definition) is 3. The van der Waals surface area contributed by atoms with Crippen molar-refractivity contribution in [2.24, 2.45) is 0 Å². The summed E-state index contributed by atoms with van der Waals surface area (Å²) in [6, 6.07) is 0. The van der Waals surface area contributed by atoms with Gasteiger partial charge in [0.2, 0.25) is 0 Å². The van der Waals surface area contributed by atoms with Crippen LogP contribution in [0.25, 0.3) is 0 Å². The Kier molecular flexibility index (Phi) is 4.92. The summed E-state index contributed by atoms with van der Waals surface area (Å²) in [5.74, 6) is 2.17. The molecular formula is C16H27N3. The van der Waals surface area contributed by atoms with E-state index in [9.17, 15) is 0 Å². The molecule has 106 valence electrons. The second-order valence-electron chi connectivity index (χ2n) is 5.96. The number of aryl methyl sites for hydroxylation is 2. The Morgan fingerprint density at radius 1 is 1.11 bits per heavy atom. The molecule has 19 heavy (non-hydrogen) atoms. The van der Waals surface area contributed by atoms with Crippen molar-refractivity contribution in [2.75, 3.05) is 13.6 Å². The Balaban J connectivity index is 2.25. The van der Waals surface area contributed by atoms with Gasteiger partial charge in [-0.2, -0.15) is 0 Å². The highest BCUT2D eigenvalue weighted by atomic mass is 14.9. The van der Waals surface area contributed by atoms with Crippen LogP contribution in [0, 0.1) is 13.8 Å². The molecule has 0 aliphatic heterocycles. The van der Waals surface area contributed by atoms with Gasteiger partial charge in [0.1, 0.15) is 5.82 Å². The monoisotopic (exact) mass is 261 g/mol. The lowest BCUT2D eigenvalue weighted by atomic mass is 9.88. The predicted octanol–water partition coefficient (Wildman–Crippen LogP) is 3.46. The zero-order valence-electron chi connectivity index (χ0n) is 12.8. The van der Waals surface area contributed by atoms with Gasteiger partial charge in [0.05, 0.1) is 0 Å². The summed E-state index contributed by atoms with van der Waals surface area (Å²) < 4.78 is 0. The van der Waals surface area contributed by atoms with Gasteiger partial charge >= 0.3 is 0 Å². The Labute approximate surface area is 117 Å². The molecule has 0 bridgehead atoms. The highest BCUT2D eigenvalue weighted by molar-refractivity contribution is 5.29. The number of hydrogen-bond donors (Lipinski definition) is 1. The molecule has 1 atom stereocenters. The summed E-state index contributed by atoms with van der Waals surface area (Å²) in [7, 11) is 2.00. The molecule has 0 saturated heterocycles. The van der Waals surface area contributed by atoms with Gasteiger partial charge in [-0.1, -0.05) is 26.2 Å². The Morgan fingerprint density at radius 2 is 1.68 bits per heavy atom. The minimum Gasteiger partial charge on any atom is -0.319 e. The zero-order valence-corrected chi connectivity index (χ0v) is 12.8. The van der Waals surface area contributed by atoms with Gasteiger partial charge in [0, 0.05) is 23.9 Å². The first-order valence-corrected chi connectivity index (χ1v) is 7.63. The van der Waals surface area contributed by atoms with E-state index >= 15 is 0 Å². The summed E-state index contributed by atoms with van der Waals surface area (Å²) in [5.41, 5.74) is 3.68. The van der Waals surface area contributed by atoms with Crippen LogP contribution < -0.4 is 5.32 Å². The number of likely N-dealkylation sites (N-methyl/N-ethyl adjacent to an activating group) is 1. The second kappa shape index (κ2) is 6.47. The van der Waals surface area contributed by atoms with Crippen LogP contribution in [0.15, 0.2) is 0 Å². The van der Waals surface area contributed by atoms with Crippen molar-refractivity contribution in [1.29, 1.82) is 0 Å². The third-order valence-corrected chi connectivity index (χ3v) is 4.32. The Bertz CT molecular complexity index is 399. The number of aromatic nitrogens is 2. The normalized spacial score (nSPS) is 18.5. The van der Waals surface area contributed by atoms with Gasteiger partial charge in [0.25, 0.3) is 0 Å². The van der Waals surface area contributed by atoms with Crippen LogP contribution in [0.3, 0.4) is 0 Å². The van der Waals surface area contributed by atoms with Crippen molar-refractivity contribution in [3.8, 4) is 0 Å². The molecule has 1 aromatic rings. The minimum atomic E-state index is 0.477. The van der Waals surface area contributed by atoms with Gasteiger partial charge in [-0.15, -0.1) is 0 Å². The average Bonchev–Trinajstić information content (AvgIpc) is 2.39. The first kappa shape index (κ1) is 14.4. The van der Waals surface area contributed by atoms with Crippen molar-refractivity contribution in [3.05, 3.63) is 22.8 Å². The summed E-state index contributed by atoms with van der Waals surface area (Å²) in [5, 5.41) is 3.24. The standard InChI is InChI=1S/C16H27N3/c1-11(10-17-4)15-12(2)18-16(19-13(15)3)14-8-6-5-7-9-14/h11,14,17H,5-10H2,1-4H3. The minimum absolute atomic E-state index is 0.477. The molecule has 1 aromatic heterocycles. The number of nitrogens with one attached hydrogen (secondary N) is 1. The van der Waals surface area contributed by atoms with Crippen LogP contribution in [0.2, 0.25) is 0 Å². The van der Waals surface area contributed by atoms with E-state index < -0.39 is 0 Å². The van der Waals surface area contributed by atoms with E-state index in [1.165, 1.54) is 49.1 Å². The molecule has 2 rings (SSSR count). The van der Waals surface area contributed by atoms with Gasteiger partial charge in [-0.05, 0) is 45.2 Å². The molecule has 1 heterocycles. The lowest BCUT2D eigenvalue weighted by Gasteiger charge is -2.23. The number of rotatable bonds is 4. The smallest absolute Gasteiger partial charge is 0.131 e. The maximum Gasteiger partial charge on any atom is 0.131 e. The quantitative estimate of drug-likeness (QED) is 0.902. The molecule has 0 radical (unpaired) electrons. The van der Waals surface area contributed by atoms with Crippen molar-refractivity contribution < 1.29 is 0 Å². The van der Waals surface area contributed by atoms with Crippen molar-refractivity contribution in [3.63, 3.8) is 0 Å². The van der Waals surface area contributed by atoms with Gasteiger partial charge in [0.15, 0.2) is 0 Å². The van der Waals surface area contributed by atoms with E-state index in [2.05, 4.69) is 26.1 Å². The van der Waals surface area contributed by atoms with Gasteiger partial charge in [-0.25, -0.2) is 9.97 Å². The van der Waals surface area contributed by atoms with E-state index in [1.54, 1.807) is 0 Å².